The number of aliphatic hydroxyl groups is 2. The Morgan fingerprint density at radius 3 is 2.57 bits per heavy atom. The number of amides is 1. The second-order valence-corrected chi connectivity index (χ2v) is 6.31. The highest BCUT2D eigenvalue weighted by molar-refractivity contribution is 5.88. The molecule has 10 nitrogen and oxygen atoms in total. The van der Waals surface area contributed by atoms with Gasteiger partial charge in [-0.15, -0.1) is 5.10 Å². The van der Waals surface area contributed by atoms with Crippen molar-refractivity contribution >= 4 is 11.9 Å². The lowest BCUT2D eigenvalue weighted by Gasteiger charge is -2.20. The standard InChI is InChI=1S/C13H20N4O6/c1-13(2,3)12(21)22-4-6-7(18)8(19)11(23-6)17-5-15-10(16-17)9(14)20/h5-8,11,18-19H,4H2,1-3H3,(H2,14,20)/t6?,7?,8?,11-/m1/s1. The van der Waals surface area contributed by atoms with Crippen molar-refractivity contribution in [1.82, 2.24) is 14.8 Å². The summed E-state index contributed by atoms with van der Waals surface area (Å²) >= 11 is 0. The molecule has 1 fully saturated rings. The fraction of sp³-hybridized carbons (Fsp3) is 0.692. The minimum Gasteiger partial charge on any atom is -0.462 e. The summed E-state index contributed by atoms with van der Waals surface area (Å²) in [6, 6.07) is 0. The Labute approximate surface area is 132 Å². The fourth-order valence-corrected chi connectivity index (χ4v) is 1.97. The molecular formula is C13H20N4O6. The van der Waals surface area contributed by atoms with Crippen LogP contribution in [-0.4, -0.2) is 61.8 Å². The van der Waals surface area contributed by atoms with Crippen molar-refractivity contribution in [2.45, 2.75) is 45.3 Å². The number of ether oxygens (including phenoxy) is 2. The smallest absolute Gasteiger partial charge is 0.311 e. The first-order valence-electron chi connectivity index (χ1n) is 7.01. The van der Waals surface area contributed by atoms with E-state index in [-0.39, 0.29) is 12.4 Å². The Bertz CT molecular complexity index is 596. The number of hydrogen-bond donors (Lipinski definition) is 3. The second kappa shape index (κ2) is 6.22. The van der Waals surface area contributed by atoms with Gasteiger partial charge in [0.25, 0.3) is 5.91 Å². The number of primary amides is 1. The van der Waals surface area contributed by atoms with Gasteiger partial charge in [0, 0.05) is 0 Å². The molecule has 0 saturated carbocycles. The number of aliphatic hydroxyl groups excluding tert-OH is 2. The number of rotatable bonds is 4. The molecule has 3 unspecified atom stereocenters. The van der Waals surface area contributed by atoms with Crippen molar-refractivity contribution in [2.24, 2.45) is 11.1 Å². The monoisotopic (exact) mass is 328 g/mol. The Balaban J connectivity index is 2.03. The molecule has 0 aliphatic carbocycles. The predicted octanol–water partition coefficient (Wildman–Crippen LogP) is -1.41. The minimum atomic E-state index is -1.32. The van der Waals surface area contributed by atoms with Crippen molar-refractivity contribution in [3.63, 3.8) is 0 Å². The highest BCUT2D eigenvalue weighted by Crippen LogP contribution is 2.29. The molecule has 0 spiro atoms. The fourth-order valence-electron chi connectivity index (χ4n) is 1.97. The molecule has 2 rings (SSSR count). The van der Waals surface area contributed by atoms with Gasteiger partial charge in [0.1, 0.15) is 31.2 Å². The zero-order valence-corrected chi connectivity index (χ0v) is 13.0. The Hall–Kier alpha value is -2.04. The number of nitrogens with two attached hydrogens (primary N) is 1. The number of carbonyl (C=O) groups excluding carboxylic acids is 2. The van der Waals surface area contributed by atoms with Gasteiger partial charge < -0.3 is 25.4 Å². The van der Waals surface area contributed by atoms with Crippen LogP contribution in [0.15, 0.2) is 6.33 Å². The van der Waals surface area contributed by atoms with E-state index < -0.39 is 41.8 Å². The van der Waals surface area contributed by atoms with Gasteiger partial charge in [-0.05, 0) is 20.8 Å². The van der Waals surface area contributed by atoms with Gasteiger partial charge in [0.15, 0.2) is 6.23 Å². The number of aromatic nitrogens is 3. The molecule has 0 bridgehead atoms. The highest BCUT2D eigenvalue weighted by atomic mass is 16.6. The number of nitrogens with zero attached hydrogens (tertiary/aromatic N) is 3. The van der Waals surface area contributed by atoms with Gasteiger partial charge in [0.2, 0.25) is 5.82 Å². The Morgan fingerprint density at radius 2 is 2.04 bits per heavy atom. The van der Waals surface area contributed by atoms with E-state index in [1.165, 1.54) is 0 Å². The maximum absolute atomic E-state index is 11.7. The average Bonchev–Trinajstić information content (AvgIpc) is 3.03. The van der Waals surface area contributed by atoms with E-state index in [1.807, 2.05) is 0 Å². The van der Waals surface area contributed by atoms with Gasteiger partial charge in [-0.2, -0.15) is 0 Å². The molecule has 0 radical (unpaired) electrons. The average molecular weight is 328 g/mol. The van der Waals surface area contributed by atoms with Crippen LogP contribution in [0, 0.1) is 5.41 Å². The van der Waals surface area contributed by atoms with E-state index in [1.54, 1.807) is 20.8 Å². The first-order valence-corrected chi connectivity index (χ1v) is 7.01. The molecular weight excluding hydrogens is 308 g/mol. The normalized spacial score (nSPS) is 27.9. The Kier molecular flexibility index (Phi) is 4.68. The van der Waals surface area contributed by atoms with Crippen LogP contribution in [-0.2, 0) is 14.3 Å². The summed E-state index contributed by atoms with van der Waals surface area (Å²) in [5.41, 5.74) is 4.36. The molecule has 1 amide bonds. The predicted molar refractivity (Wildman–Crippen MR) is 74.9 cm³/mol. The third kappa shape index (κ3) is 3.66. The van der Waals surface area contributed by atoms with Gasteiger partial charge in [0.05, 0.1) is 5.41 Å². The van der Waals surface area contributed by atoms with Gasteiger partial charge in [-0.3, -0.25) is 9.59 Å². The third-order valence-electron chi connectivity index (χ3n) is 3.32. The van der Waals surface area contributed by atoms with Crippen LogP contribution >= 0.6 is 0 Å². The lowest BCUT2D eigenvalue weighted by Crippen LogP contribution is -2.35. The molecule has 4 atom stereocenters. The molecule has 1 aliphatic heterocycles. The van der Waals surface area contributed by atoms with Gasteiger partial charge >= 0.3 is 5.97 Å². The lowest BCUT2D eigenvalue weighted by molar-refractivity contribution is -0.159. The molecule has 2 heterocycles. The molecule has 23 heavy (non-hydrogen) atoms. The largest absolute Gasteiger partial charge is 0.462 e. The van der Waals surface area contributed by atoms with Crippen LogP contribution in [0.1, 0.15) is 37.6 Å². The summed E-state index contributed by atoms with van der Waals surface area (Å²) in [6.45, 7) is 4.86. The summed E-state index contributed by atoms with van der Waals surface area (Å²) in [7, 11) is 0. The molecule has 1 aliphatic rings. The van der Waals surface area contributed by atoms with Crippen molar-refractivity contribution in [1.29, 1.82) is 0 Å². The van der Waals surface area contributed by atoms with Crippen molar-refractivity contribution in [3.8, 4) is 0 Å². The molecule has 128 valence electrons. The summed E-state index contributed by atoms with van der Waals surface area (Å²) < 4.78 is 11.6. The van der Waals surface area contributed by atoms with E-state index in [4.69, 9.17) is 15.2 Å². The Morgan fingerprint density at radius 1 is 1.39 bits per heavy atom. The molecule has 1 aromatic rings. The highest BCUT2D eigenvalue weighted by Gasteiger charge is 2.45. The van der Waals surface area contributed by atoms with Crippen molar-refractivity contribution < 1.29 is 29.3 Å². The molecule has 0 aromatic carbocycles. The maximum atomic E-state index is 11.7. The van der Waals surface area contributed by atoms with Crippen LogP contribution < -0.4 is 5.73 Å². The molecule has 1 aromatic heterocycles. The summed E-state index contributed by atoms with van der Waals surface area (Å²) in [4.78, 5) is 26.4. The van der Waals surface area contributed by atoms with Crippen LogP contribution in [0.3, 0.4) is 0 Å². The van der Waals surface area contributed by atoms with Crippen molar-refractivity contribution in [3.05, 3.63) is 12.2 Å². The van der Waals surface area contributed by atoms with Crippen molar-refractivity contribution in [2.75, 3.05) is 6.61 Å². The number of hydrogen-bond acceptors (Lipinski definition) is 8. The first kappa shape index (κ1) is 17.3. The van der Waals surface area contributed by atoms with Crippen LogP contribution in [0.5, 0.6) is 0 Å². The first-order chi connectivity index (χ1) is 10.6. The SMILES string of the molecule is CC(C)(C)C(=O)OCC1O[C@@H](n2cnc(C(N)=O)n2)C(O)C1O. The number of esters is 1. The zero-order chi connectivity index (χ0) is 17.4. The van der Waals surface area contributed by atoms with E-state index in [0.29, 0.717) is 0 Å². The minimum absolute atomic E-state index is 0.220. The van der Waals surface area contributed by atoms with E-state index in [9.17, 15) is 19.8 Å². The van der Waals surface area contributed by atoms with Gasteiger partial charge in [-0.1, -0.05) is 0 Å². The molecule has 10 heteroatoms. The molecule has 4 N–H and O–H groups in total. The van der Waals surface area contributed by atoms with E-state index in [0.717, 1.165) is 11.0 Å². The lowest BCUT2D eigenvalue weighted by atomic mass is 9.97. The third-order valence-corrected chi connectivity index (χ3v) is 3.32. The zero-order valence-electron chi connectivity index (χ0n) is 13.0. The quantitative estimate of drug-likeness (QED) is 0.570. The topological polar surface area (TPSA) is 150 Å². The summed E-state index contributed by atoms with van der Waals surface area (Å²) in [5.74, 6) is -1.52. The van der Waals surface area contributed by atoms with Crippen LogP contribution in [0.2, 0.25) is 0 Å². The van der Waals surface area contributed by atoms with Crippen LogP contribution in [0.4, 0.5) is 0 Å². The van der Waals surface area contributed by atoms with Gasteiger partial charge in [-0.25, -0.2) is 9.67 Å². The second-order valence-electron chi connectivity index (χ2n) is 6.31. The van der Waals surface area contributed by atoms with E-state index >= 15 is 0 Å². The van der Waals surface area contributed by atoms with Crippen LogP contribution in [0.25, 0.3) is 0 Å². The number of carbonyl (C=O) groups is 2. The summed E-state index contributed by atoms with van der Waals surface area (Å²) in [5, 5.41) is 23.8. The maximum Gasteiger partial charge on any atom is 0.311 e. The molecule has 1 saturated heterocycles. The van der Waals surface area contributed by atoms with E-state index in [2.05, 4.69) is 10.1 Å². The summed E-state index contributed by atoms with van der Waals surface area (Å²) in [6.07, 6.45) is -3.44.